The zero-order valence-electron chi connectivity index (χ0n) is 17.6. The van der Waals surface area contributed by atoms with Crippen molar-refractivity contribution in [2.24, 2.45) is 5.73 Å². The van der Waals surface area contributed by atoms with E-state index in [0.29, 0.717) is 35.8 Å². The van der Waals surface area contributed by atoms with Crippen LogP contribution in [0.4, 0.5) is 21.9 Å². The first-order valence-electron chi connectivity index (χ1n) is 10.3. The molecule has 2 aromatic carbocycles. The SMILES string of the molecule is N=C(N)c1ccc(NC(=O)[C@H](O)C2OCCN(c3cccc(N4CCOC4=O)c3)C2=O)cc1. The van der Waals surface area contributed by atoms with Gasteiger partial charge >= 0.3 is 6.09 Å². The van der Waals surface area contributed by atoms with E-state index >= 15 is 0 Å². The van der Waals surface area contributed by atoms with Gasteiger partial charge in [0, 0.05) is 29.2 Å². The molecule has 1 unspecified atom stereocenters. The highest BCUT2D eigenvalue weighted by Crippen LogP contribution is 2.27. The molecule has 0 radical (unpaired) electrons. The number of carbonyl (C=O) groups is 3. The minimum atomic E-state index is -1.75. The zero-order chi connectivity index (χ0) is 23.5. The van der Waals surface area contributed by atoms with Gasteiger partial charge < -0.3 is 30.5 Å². The summed E-state index contributed by atoms with van der Waals surface area (Å²) in [6.07, 6.45) is -3.60. The Morgan fingerprint density at radius 1 is 1.09 bits per heavy atom. The maximum absolute atomic E-state index is 13.1. The van der Waals surface area contributed by atoms with Gasteiger partial charge in [0.15, 0.2) is 12.2 Å². The summed E-state index contributed by atoms with van der Waals surface area (Å²) in [7, 11) is 0. The summed E-state index contributed by atoms with van der Waals surface area (Å²) in [6, 6.07) is 13.0. The molecule has 11 heteroatoms. The van der Waals surface area contributed by atoms with Crippen molar-refractivity contribution < 1.29 is 29.0 Å². The van der Waals surface area contributed by atoms with Gasteiger partial charge in [-0.1, -0.05) is 6.07 Å². The van der Waals surface area contributed by atoms with E-state index < -0.39 is 30.1 Å². The molecule has 2 aliphatic heterocycles. The topological polar surface area (TPSA) is 158 Å². The Morgan fingerprint density at radius 3 is 2.39 bits per heavy atom. The molecule has 11 nitrogen and oxygen atoms in total. The van der Waals surface area contributed by atoms with Crippen molar-refractivity contribution in [3.05, 3.63) is 54.1 Å². The number of amidine groups is 1. The molecule has 3 amide bonds. The van der Waals surface area contributed by atoms with Gasteiger partial charge in [-0.05, 0) is 42.5 Å². The molecular weight excluding hydrogens is 430 g/mol. The van der Waals surface area contributed by atoms with E-state index in [1.165, 1.54) is 21.9 Å². The van der Waals surface area contributed by atoms with Gasteiger partial charge in [0.05, 0.1) is 13.2 Å². The van der Waals surface area contributed by atoms with Gasteiger partial charge in [-0.3, -0.25) is 19.9 Å². The number of hydrogen-bond donors (Lipinski definition) is 4. The summed E-state index contributed by atoms with van der Waals surface area (Å²) in [4.78, 5) is 40.3. The molecule has 172 valence electrons. The molecule has 2 heterocycles. The Hall–Kier alpha value is -3.96. The Kier molecular flexibility index (Phi) is 6.24. The van der Waals surface area contributed by atoms with Crippen molar-refractivity contribution in [3.63, 3.8) is 0 Å². The van der Waals surface area contributed by atoms with Crippen molar-refractivity contribution in [1.29, 1.82) is 5.41 Å². The number of amides is 3. The van der Waals surface area contributed by atoms with Crippen LogP contribution in [0, 0.1) is 5.41 Å². The van der Waals surface area contributed by atoms with Crippen LogP contribution >= 0.6 is 0 Å². The molecular formula is C22H23N5O6. The fraction of sp³-hybridized carbons (Fsp3) is 0.273. The normalized spacial score (nSPS) is 19.2. The number of aliphatic hydroxyl groups is 1. The van der Waals surface area contributed by atoms with Gasteiger partial charge in [-0.25, -0.2) is 4.79 Å². The number of nitrogen functional groups attached to an aromatic ring is 1. The van der Waals surface area contributed by atoms with E-state index in [1.54, 1.807) is 36.4 Å². The van der Waals surface area contributed by atoms with E-state index in [0.717, 1.165) is 0 Å². The fourth-order valence-corrected chi connectivity index (χ4v) is 3.63. The minimum absolute atomic E-state index is 0.111. The average molecular weight is 453 g/mol. The molecule has 2 fully saturated rings. The highest BCUT2D eigenvalue weighted by Gasteiger charge is 2.39. The Bertz CT molecular complexity index is 1090. The molecule has 4 rings (SSSR count). The van der Waals surface area contributed by atoms with Crippen LogP contribution in [-0.2, 0) is 19.1 Å². The van der Waals surface area contributed by atoms with Crippen molar-refractivity contribution in [3.8, 4) is 0 Å². The molecule has 2 aliphatic rings. The third-order valence-electron chi connectivity index (χ3n) is 5.35. The molecule has 2 atom stereocenters. The molecule has 0 aromatic heterocycles. The lowest BCUT2D eigenvalue weighted by atomic mass is 10.1. The molecule has 5 N–H and O–H groups in total. The summed E-state index contributed by atoms with van der Waals surface area (Å²) in [5, 5.41) is 20.5. The quantitative estimate of drug-likeness (QED) is 0.369. The second kappa shape index (κ2) is 9.27. The fourth-order valence-electron chi connectivity index (χ4n) is 3.63. The van der Waals surface area contributed by atoms with E-state index in [9.17, 15) is 19.5 Å². The third kappa shape index (κ3) is 4.64. The van der Waals surface area contributed by atoms with Gasteiger partial charge in [-0.15, -0.1) is 0 Å². The second-order valence-corrected chi connectivity index (χ2v) is 7.49. The smallest absolute Gasteiger partial charge is 0.414 e. The average Bonchev–Trinajstić information content (AvgIpc) is 3.25. The number of anilines is 3. The van der Waals surface area contributed by atoms with Gasteiger partial charge in [0.2, 0.25) is 0 Å². The highest BCUT2D eigenvalue weighted by molar-refractivity contribution is 6.04. The van der Waals surface area contributed by atoms with Crippen LogP contribution in [0.1, 0.15) is 5.56 Å². The van der Waals surface area contributed by atoms with Crippen LogP contribution in [0.2, 0.25) is 0 Å². The van der Waals surface area contributed by atoms with Crippen LogP contribution < -0.4 is 20.9 Å². The van der Waals surface area contributed by atoms with Crippen LogP contribution in [0.15, 0.2) is 48.5 Å². The number of benzene rings is 2. The predicted molar refractivity (Wildman–Crippen MR) is 119 cm³/mol. The second-order valence-electron chi connectivity index (χ2n) is 7.49. The maximum atomic E-state index is 13.1. The summed E-state index contributed by atoms with van der Waals surface area (Å²) in [5.74, 6) is -1.49. The summed E-state index contributed by atoms with van der Waals surface area (Å²) >= 11 is 0. The lowest BCUT2D eigenvalue weighted by Gasteiger charge is -2.34. The van der Waals surface area contributed by atoms with Crippen LogP contribution in [0.3, 0.4) is 0 Å². The monoisotopic (exact) mass is 453 g/mol. The van der Waals surface area contributed by atoms with Gasteiger partial charge in [0.1, 0.15) is 12.4 Å². The Balaban J connectivity index is 1.46. The standard InChI is InChI=1S/C22H23N5O6/c23-19(24)13-4-6-14(7-5-13)25-20(29)17(28)18-21(30)26(8-10-32-18)15-2-1-3-16(12-15)27-9-11-33-22(27)31/h1-7,12,17-18,28H,8-11H2,(H3,23,24)(H,25,29)/t17-,18?/m1/s1. The largest absolute Gasteiger partial charge is 0.447 e. The van der Waals surface area contributed by atoms with Crippen molar-refractivity contribution >= 4 is 40.8 Å². The highest BCUT2D eigenvalue weighted by atomic mass is 16.6. The number of nitrogens with zero attached hydrogens (tertiary/aromatic N) is 2. The molecule has 2 saturated heterocycles. The van der Waals surface area contributed by atoms with Crippen molar-refractivity contribution in [2.45, 2.75) is 12.2 Å². The summed E-state index contributed by atoms with van der Waals surface area (Å²) < 4.78 is 10.4. The number of nitrogens with two attached hydrogens (primary N) is 1. The first kappa shape index (κ1) is 22.2. The van der Waals surface area contributed by atoms with E-state index in [2.05, 4.69) is 5.32 Å². The molecule has 0 bridgehead atoms. The van der Waals surface area contributed by atoms with Crippen molar-refractivity contribution in [1.82, 2.24) is 0 Å². The van der Waals surface area contributed by atoms with Crippen LogP contribution in [-0.4, -0.2) is 67.4 Å². The molecule has 0 saturated carbocycles. The summed E-state index contributed by atoms with van der Waals surface area (Å²) in [6.45, 7) is 1.04. The first-order chi connectivity index (χ1) is 15.8. The van der Waals surface area contributed by atoms with Crippen LogP contribution in [0.25, 0.3) is 0 Å². The van der Waals surface area contributed by atoms with E-state index in [1.807, 2.05) is 0 Å². The first-order valence-corrected chi connectivity index (χ1v) is 10.3. The molecule has 2 aromatic rings. The number of nitrogens with one attached hydrogen (secondary N) is 2. The number of carbonyl (C=O) groups excluding carboxylic acids is 3. The summed E-state index contributed by atoms with van der Waals surface area (Å²) in [5.41, 5.74) is 7.36. The lowest BCUT2D eigenvalue weighted by molar-refractivity contribution is -0.150. The molecule has 0 aliphatic carbocycles. The lowest BCUT2D eigenvalue weighted by Crippen LogP contribution is -2.55. The number of ether oxygens (including phenoxy) is 2. The van der Waals surface area contributed by atoms with Crippen molar-refractivity contribution in [2.75, 3.05) is 41.4 Å². The third-order valence-corrected chi connectivity index (χ3v) is 5.35. The van der Waals surface area contributed by atoms with Crippen LogP contribution in [0.5, 0.6) is 0 Å². The van der Waals surface area contributed by atoms with E-state index in [4.69, 9.17) is 20.6 Å². The molecule has 0 spiro atoms. The predicted octanol–water partition coefficient (Wildman–Crippen LogP) is 0.659. The number of aliphatic hydroxyl groups excluding tert-OH is 1. The Labute approximate surface area is 189 Å². The molecule has 33 heavy (non-hydrogen) atoms. The Morgan fingerprint density at radius 2 is 1.76 bits per heavy atom. The van der Waals surface area contributed by atoms with Gasteiger partial charge in [-0.2, -0.15) is 0 Å². The number of cyclic esters (lactones) is 1. The number of rotatable bonds is 6. The number of hydrogen-bond acceptors (Lipinski definition) is 7. The minimum Gasteiger partial charge on any atom is -0.447 e. The zero-order valence-corrected chi connectivity index (χ0v) is 17.6. The van der Waals surface area contributed by atoms with Gasteiger partial charge in [0.25, 0.3) is 11.8 Å². The number of morpholine rings is 1. The maximum Gasteiger partial charge on any atom is 0.414 e. The van der Waals surface area contributed by atoms with E-state index in [-0.39, 0.29) is 19.0 Å².